The molecule has 81 heavy (non-hydrogen) atoms. The molecule has 29 heteroatoms. The number of hydrogen-bond acceptors (Lipinski definition) is 20. The Morgan fingerprint density at radius 1 is 0.691 bits per heavy atom. The quantitative estimate of drug-likeness (QED) is 0.0249. The van der Waals surface area contributed by atoms with Crippen LogP contribution >= 0.6 is 0 Å². The molecule has 3 heterocycles. The summed E-state index contributed by atoms with van der Waals surface area (Å²) in [5, 5.41) is 52.6. The minimum atomic E-state index is -1.23. The molecule has 12 N–H and O–H groups in total. The largest absolute Gasteiger partial charge is 0.480 e. The molecule has 1 aliphatic rings. The summed E-state index contributed by atoms with van der Waals surface area (Å²) in [6, 6.07) is 12.6. The molecule has 1 unspecified atom stereocenters. The van der Waals surface area contributed by atoms with Crippen molar-refractivity contribution >= 4 is 76.0 Å². The fourth-order valence-corrected chi connectivity index (χ4v) is 8.52. The van der Waals surface area contributed by atoms with E-state index in [2.05, 4.69) is 46.5 Å². The fraction of sp³-hybridized carbons (Fsp3) is 0.500. The van der Waals surface area contributed by atoms with Gasteiger partial charge in [0, 0.05) is 107 Å². The van der Waals surface area contributed by atoms with Crippen molar-refractivity contribution in [2.75, 3.05) is 128 Å². The Bertz CT molecular complexity index is 2760. The van der Waals surface area contributed by atoms with Gasteiger partial charge in [0.05, 0.1) is 71.0 Å². The molecular formula is C52H72N14O15. The monoisotopic (exact) mass is 1130 g/mol. The first-order valence-corrected chi connectivity index (χ1v) is 26.3. The van der Waals surface area contributed by atoms with Gasteiger partial charge in [-0.3, -0.25) is 67.7 Å². The normalized spacial score (nSPS) is 14.2. The predicted molar refractivity (Wildman–Crippen MR) is 293 cm³/mol. The number of aliphatic carboxylic acids is 4. The standard InChI is InChI=1S/C52H72N14O15/c1-34(58-50(78)36-5-9-37(10-6-36)56-27-39-28-57-49-48(60-39)51(79)62-52(53)61-49)2-11-41(67)54-14-22-80-24-25-81-23-15-55-42(68)12-13-43(69)59-38-7-3-35(4-8-38)26-40(66(32-46(74)75)33-47(76)77)29-63-16-18-64(30-44(70)71)20-21-65(19-17-63)31-45(72)73/h3-10,28,34,40,56H,2,11-27,29-33H2,1H3,(H,54,67)(H,55,68)(H,58,78)(H,59,69)(H,70,71)(H,72,73)(H,74,75)(H,76,77)(H3,53,57,61,62,79)/t34-,40?/m1/s1. The van der Waals surface area contributed by atoms with E-state index in [0.717, 1.165) is 0 Å². The number of carboxylic acid groups (broad SMARTS) is 4. The Morgan fingerprint density at radius 2 is 1.23 bits per heavy atom. The molecule has 2 aromatic carbocycles. The number of carbonyl (C=O) groups excluding carboxylic acids is 4. The highest BCUT2D eigenvalue weighted by molar-refractivity contribution is 5.95. The molecule has 0 bridgehead atoms. The molecule has 4 aromatic rings. The number of hydrogen-bond donors (Lipinski definition) is 11. The minimum Gasteiger partial charge on any atom is -0.480 e. The molecule has 1 fully saturated rings. The zero-order valence-corrected chi connectivity index (χ0v) is 45.1. The van der Waals surface area contributed by atoms with Gasteiger partial charge in [0.25, 0.3) is 11.5 Å². The maximum absolute atomic E-state index is 12.8. The molecule has 0 spiro atoms. The van der Waals surface area contributed by atoms with Crippen molar-refractivity contribution in [2.24, 2.45) is 0 Å². The molecule has 440 valence electrons. The smallest absolute Gasteiger partial charge is 0.317 e. The number of carbonyl (C=O) groups is 8. The van der Waals surface area contributed by atoms with Crippen LogP contribution < -0.4 is 37.9 Å². The Labute approximate surface area is 465 Å². The molecule has 0 aliphatic carbocycles. The third kappa shape index (κ3) is 24.4. The second kappa shape index (κ2) is 33.4. The van der Waals surface area contributed by atoms with E-state index in [4.69, 9.17) is 15.2 Å². The first kappa shape index (κ1) is 63.6. The number of aromatic nitrogens is 4. The van der Waals surface area contributed by atoms with E-state index in [1.54, 1.807) is 58.3 Å². The number of carboxylic acids is 4. The number of anilines is 3. The molecule has 0 radical (unpaired) electrons. The van der Waals surface area contributed by atoms with E-state index >= 15 is 0 Å². The lowest BCUT2D eigenvalue weighted by atomic mass is 10.0. The van der Waals surface area contributed by atoms with Gasteiger partial charge in [0.1, 0.15) is 0 Å². The van der Waals surface area contributed by atoms with Gasteiger partial charge in [-0.15, -0.1) is 0 Å². The number of fused-ring (bicyclic) bond motifs is 1. The average Bonchev–Trinajstić information content (AvgIpc) is 3.53. The summed E-state index contributed by atoms with van der Waals surface area (Å²) in [6.07, 6.45) is 2.11. The molecule has 2 atom stereocenters. The van der Waals surface area contributed by atoms with Gasteiger partial charge in [-0.2, -0.15) is 4.98 Å². The number of rotatable bonds is 34. The molecule has 1 saturated heterocycles. The number of H-pyrrole nitrogens is 1. The van der Waals surface area contributed by atoms with Crippen LogP contribution in [0.4, 0.5) is 17.3 Å². The maximum Gasteiger partial charge on any atom is 0.317 e. The van der Waals surface area contributed by atoms with Crippen LogP contribution in [0.5, 0.6) is 0 Å². The number of nitrogen functional groups attached to an aromatic ring is 1. The van der Waals surface area contributed by atoms with Crippen molar-refractivity contribution in [3.05, 3.63) is 81.9 Å². The van der Waals surface area contributed by atoms with Gasteiger partial charge in [-0.25, -0.2) is 9.97 Å². The van der Waals surface area contributed by atoms with Crippen LogP contribution in [0, 0.1) is 0 Å². The van der Waals surface area contributed by atoms with Crippen LogP contribution in [0.2, 0.25) is 0 Å². The number of nitrogens with one attached hydrogen (secondary N) is 6. The van der Waals surface area contributed by atoms with Crippen molar-refractivity contribution in [3.63, 3.8) is 0 Å². The van der Waals surface area contributed by atoms with Crippen molar-refractivity contribution in [2.45, 2.75) is 57.7 Å². The highest BCUT2D eigenvalue weighted by atomic mass is 16.5. The first-order valence-electron chi connectivity index (χ1n) is 26.3. The van der Waals surface area contributed by atoms with E-state index < -0.39 is 54.5 Å². The maximum atomic E-state index is 12.8. The fourth-order valence-electron chi connectivity index (χ4n) is 8.52. The third-order valence-electron chi connectivity index (χ3n) is 12.7. The van der Waals surface area contributed by atoms with E-state index in [9.17, 15) is 63.6 Å². The van der Waals surface area contributed by atoms with Gasteiger partial charge in [0.2, 0.25) is 23.7 Å². The topological polar surface area (TPSA) is 407 Å². The zero-order chi connectivity index (χ0) is 58.7. The summed E-state index contributed by atoms with van der Waals surface area (Å²) in [5.74, 6) is -5.84. The SMILES string of the molecule is C[C@H](CCC(=O)NCCOCCOCCNC(=O)CCC(=O)Nc1ccc(CC(CN2CCN(CC(=O)O)CCN(CC(=O)O)CC2)N(CC(=O)O)CC(=O)O)cc1)NC(=O)c1ccc(NCc2cnc3nc(N)[nH]c(=O)c3n2)cc1. The molecule has 1 aliphatic heterocycles. The van der Waals surface area contributed by atoms with Gasteiger partial charge in [0.15, 0.2) is 11.2 Å². The summed E-state index contributed by atoms with van der Waals surface area (Å²) >= 11 is 0. The Morgan fingerprint density at radius 3 is 1.80 bits per heavy atom. The van der Waals surface area contributed by atoms with E-state index in [1.165, 1.54) is 11.1 Å². The number of benzene rings is 2. The Balaban J connectivity index is 0.913. The van der Waals surface area contributed by atoms with Crippen LogP contribution in [0.1, 0.15) is 54.2 Å². The zero-order valence-electron chi connectivity index (χ0n) is 45.1. The molecule has 0 saturated carbocycles. The second-order valence-corrected chi connectivity index (χ2v) is 19.2. The highest BCUT2D eigenvalue weighted by Crippen LogP contribution is 2.17. The van der Waals surface area contributed by atoms with Crippen molar-refractivity contribution < 1.29 is 68.3 Å². The summed E-state index contributed by atoms with van der Waals surface area (Å²) in [6.45, 7) is 4.07. The van der Waals surface area contributed by atoms with Gasteiger partial charge < -0.3 is 62.2 Å². The van der Waals surface area contributed by atoms with Gasteiger partial charge in [-0.05, 0) is 61.7 Å². The Hall–Kier alpha value is -8.22. The van der Waals surface area contributed by atoms with Crippen molar-refractivity contribution in [1.82, 2.24) is 55.5 Å². The number of nitrogens with zero attached hydrogens (tertiary/aromatic N) is 7. The summed E-state index contributed by atoms with van der Waals surface area (Å²) in [4.78, 5) is 131. The summed E-state index contributed by atoms with van der Waals surface area (Å²) in [7, 11) is 0. The molecule has 29 nitrogen and oxygen atoms in total. The summed E-state index contributed by atoms with van der Waals surface area (Å²) < 4.78 is 11.0. The van der Waals surface area contributed by atoms with Crippen molar-refractivity contribution in [3.8, 4) is 0 Å². The molecule has 2 aromatic heterocycles. The number of ether oxygens (including phenoxy) is 2. The van der Waals surface area contributed by atoms with Crippen LogP contribution in [0.15, 0.2) is 59.5 Å². The first-order chi connectivity index (χ1) is 38.8. The third-order valence-corrected chi connectivity index (χ3v) is 12.7. The second-order valence-electron chi connectivity index (χ2n) is 19.2. The van der Waals surface area contributed by atoms with Crippen LogP contribution in [0.25, 0.3) is 11.2 Å². The lowest BCUT2D eigenvalue weighted by Gasteiger charge is -2.35. The van der Waals surface area contributed by atoms with E-state index in [1.807, 2.05) is 11.8 Å². The van der Waals surface area contributed by atoms with Gasteiger partial charge in [-0.1, -0.05) is 12.1 Å². The average molecular weight is 1130 g/mol. The molecule has 4 amide bonds. The predicted octanol–water partition coefficient (Wildman–Crippen LogP) is -1.04. The number of aromatic amines is 1. The highest BCUT2D eigenvalue weighted by Gasteiger charge is 2.28. The number of amides is 4. The molecular weight excluding hydrogens is 1060 g/mol. The Kier molecular flexibility index (Phi) is 26.2. The van der Waals surface area contributed by atoms with E-state index in [-0.39, 0.29) is 132 Å². The van der Waals surface area contributed by atoms with Crippen LogP contribution in [0.3, 0.4) is 0 Å². The van der Waals surface area contributed by atoms with Gasteiger partial charge >= 0.3 is 23.9 Å². The minimum absolute atomic E-state index is 0.0474. The lowest BCUT2D eigenvalue weighted by Crippen LogP contribution is -2.51. The van der Waals surface area contributed by atoms with Crippen LogP contribution in [-0.4, -0.2) is 231 Å². The summed E-state index contributed by atoms with van der Waals surface area (Å²) in [5.41, 5.74) is 8.08. The van der Waals surface area contributed by atoms with E-state index in [0.29, 0.717) is 73.9 Å². The lowest BCUT2D eigenvalue weighted by molar-refractivity contribution is -0.143. The van der Waals surface area contributed by atoms with Crippen molar-refractivity contribution in [1.29, 1.82) is 0 Å². The van der Waals surface area contributed by atoms with Crippen LogP contribution in [-0.2, 0) is 56.0 Å². The molecule has 5 rings (SSSR count). The number of nitrogens with two attached hydrogens (primary N) is 1.